The average molecular weight is 390 g/mol. The maximum Gasteiger partial charge on any atom is 0.130 e. The molecule has 0 fully saturated rings. The summed E-state index contributed by atoms with van der Waals surface area (Å²) in [5.41, 5.74) is 2.90. The van der Waals surface area contributed by atoms with E-state index < -0.39 is 11.6 Å². The van der Waals surface area contributed by atoms with Crippen molar-refractivity contribution in [3.8, 4) is 0 Å². The molecule has 0 heterocycles. The number of benzene rings is 2. The molecule has 2 aromatic carbocycles. The lowest BCUT2D eigenvalue weighted by molar-refractivity contribution is 0.569. The molecule has 0 aliphatic heterocycles. The number of rotatable bonds is 2. The van der Waals surface area contributed by atoms with Gasteiger partial charge in [-0.25, -0.2) is 8.78 Å². The average Bonchev–Trinajstić information content (AvgIpc) is 2.33. The van der Waals surface area contributed by atoms with Crippen LogP contribution in [0.1, 0.15) is 27.1 Å². The van der Waals surface area contributed by atoms with Gasteiger partial charge in [0.25, 0.3) is 0 Å². The van der Waals surface area contributed by atoms with Gasteiger partial charge in [-0.15, -0.1) is 0 Å². The number of alkyl halides is 1. The summed E-state index contributed by atoms with van der Waals surface area (Å²) < 4.78 is 28.1. The van der Waals surface area contributed by atoms with Crippen LogP contribution in [0.2, 0.25) is 0 Å². The Hall–Kier alpha value is -0.740. The SMILES string of the molecule is Cc1ccc(C(Br)c2cc(C)c(F)cc2F)c(Br)c1. The monoisotopic (exact) mass is 388 g/mol. The Labute approximate surface area is 128 Å². The molecule has 0 aromatic heterocycles. The molecule has 0 nitrogen and oxygen atoms in total. The fraction of sp³-hybridized carbons (Fsp3) is 0.200. The highest BCUT2D eigenvalue weighted by Crippen LogP contribution is 2.37. The molecule has 0 amide bonds. The van der Waals surface area contributed by atoms with E-state index in [0.717, 1.165) is 21.7 Å². The molecule has 0 spiro atoms. The first-order valence-corrected chi connectivity index (χ1v) is 7.46. The lowest BCUT2D eigenvalue weighted by atomic mass is 10.0. The zero-order valence-corrected chi connectivity index (χ0v) is 13.6. The standard InChI is InChI=1S/C15H12Br2F2/c1-8-3-4-10(12(16)5-8)15(17)11-6-9(2)13(18)7-14(11)19/h3-7,15H,1-2H3. The van der Waals surface area contributed by atoms with Gasteiger partial charge in [0, 0.05) is 16.1 Å². The van der Waals surface area contributed by atoms with Gasteiger partial charge in [-0.1, -0.05) is 44.0 Å². The van der Waals surface area contributed by atoms with Crippen LogP contribution in [0, 0.1) is 25.5 Å². The fourth-order valence-corrected chi connectivity index (χ4v) is 3.66. The first-order valence-electron chi connectivity index (χ1n) is 5.76. The van der Waals surface area contributed by atoms with Gasteiger partial charge in [-0.3, -0.25) is 0 Å². The molecule has 1 atom stereocenters. The number of hydrogen-bond donors (Lipinski definition) is 0. The molecule has 2 aromatic rings. The predicted octanol–water partition coefficient (Wildman–Crippen LogP) is 5.83. The van der Waals surface area contributed by atoms with Crippen molar-refractivity contribution in [1.82, 2.24) is 0 Å². The van der Waals surface area contributed by atoms with Crippen LogP contribution in [-0.2, 0) is 0 Å². The largest absolute Gasteiger partial charge is 0.207 e. The lowest BCUT2D eigenvalue weighted by Crippen LogP contribution is -2.00. The van der Waals surface area contributed by atoms with Crippen LogP contribution in [0.15, 0.2) is 34.8 Å². The van der Waals surface area contributed by atoms with Gasteiger partial charge in [-0.05, 0) is 42.7 Å². The number of halogens is 4. The summed E-state index contributed by atoms with van der Waals surface area (Å²) >= 11 is 6.96. The molecule has 0 saturated heterocycles. The topological polar surface area (TPSA) is 0 Å². The zero-order valence-electron chi connectivity index (χ0n) is 10.5. The molecule has 0 aliphatic carbocycles. The quantitative estimate of drug-likeness (QED) is 0.567. The first-order chi connectivity index (χ1) is 8.90. The summed E-state index contributed by atoms with van der Waals surface area (Å²) in [5, 5.41) is 0. The maximum atomic E-state index is 13.9. The van der Waals surface area contributed by atoms with Gasteiger partial charge in [-0.2, -0.15) is 0 Å². The minimum absolute atomic E-state index is 0.318. The summed E-state index contributed by atoms with van der Waals surface area (Å²) in [5.74, 6) is -1.07. The van der Waals surface area contributed by atoms with Crippen LogP contribution < -0.4 is 0 Å². The van der Waals surface area contributed by atoms with E-state index in [1.54, 1.807) is 6.92 Å². The van der Waals surface area contributed by atoms with Crippen LogP contribution in [0.3, 0.4) is 0 Å². The molecule has 0 bridgehead atoms. The van der Waals surface area contributed by atoms with Crippen molar-refractivity contribution in [3.63, 3.8) is 0 Å². The van der Waals surface area contributed by atoms with Crippen molar-refractivity contribution < 1.29 is 8.78 Å². The molecule has 2 rings (SSSR count). The fourth-order valence-electron chi connectivity index (χ4n) is 1.88. The predicted molar refractivity (Wildman–Crippen MR) is 80.7 cm³/mol. The molecule has 0 aliphatic rings. The Morgan fingerprint density at radius 3 is 2.26 bits per heavy atom. The van der Waals surface area contributed by atoms with Crippen molar-refractivity contribution in [2.24, 2.45) is 0 Å². The Morgan fingerprint density at radius 1 is 0.947 bits per heavy atom. The minimum atomic E-state index is -0.544. The molecule has 19 heavy (non-hydrogen) atoms. The molecule has 100 valence electrons. The highest BCUT2D eigenvalue weighted by atomic mass is 79.9. The van der Waals surface area contributed by atoms with Crippen LogP contribution >= 0.6 is 31.9 Å². The van der Waals surface area contributed by atoms with E-state index in [-0.39, 0.29) is 4.83 Å². The molecule has 4 heteroatoms. The van der Waals surface area contributed by atoms with Gasteiger partial charge in [0.15, 0.2) is 0 Å². The highest BCUT2D eigenvalue weighted by Gasteiger charge is 2.19. The third-order valence-corrected chi connectivity index (χ3v) is 4.65. The molecule has 0 radical (unpaired) electrons. The minimum Gasteiger partial charge on any atom is -0.207 e. The van der Waals surface area contributed by atoms with E-state index in [9.17, 15) is 8.78 Å². The highest BCUT2D eigenvalue weighted by molar-refractivity contribution is 9.11. The summed E-state index contributed by atoms with van der Waals surface area (Å²) in [6.07, 6.45) is 0. The van der Waals surface area contributed by atoms with E-state index >= 15 is 0 Å². The van der Waals surface area contributed by atoms with Gasteiger partial charge in [0.1, 0.15) is 11.6 Å². The van der Waals surface area contributed by atoms with E-state index in [0.29, 0.717) is 11.1 Å². The van der Waals surface area contributed by atoms with E-state index in [1.807, 2.05) is 25.1 Å². The second-order valence-electron chi connectivity index (χ2n) is 4.51. The lowest BCUT2D eigenvalue weighted by Gasteiger charge is -2.15. The number of hydrogen-bond acceptors (Lipinski definition) is 0. The van der Waals surface area contributed by atoms with Gasteiger partial charge in [0.05, 0.1) is 4.83 Å². The van der Waals surface area contributed by atoms with E-state index in [1.165, 1.54) is 6.07 Å². The zero-order chi connectivity index (χ0) is 14.2. The van der Waals surface area contributed by atoms with E-state index in [4.69, 9.17) is 0 Å². The van der Waals surface area contributed by atoms with Crippen molar-refractivity contribution in [1.29, 1.82) is 0 Å². The molecule has 0 N–H and O–H groups in total. The van der Waals surface area contributed by atoms with E-state index in [2.05, 4.69) is 31.9 Å². The van der Waals surface area contributed by atoms with Crippen LogP contribution in [0.4, 0.5) is 8.78 Å². The molecule has 1 unspecified atom stereocenters. The van der Waals surface area contributed by atoms with Gasteiger partial charge >= 0.3 is 0 Å². The Morgan fingerprint density at radius 2 is 1.63 bits per heavy atom. The van der Waals surface area contributed by atoms with Crippen molar-refractivity contribution in [2.45, 2.75) is 18.7 Å². The Bertz CT molecular complexity index is 624. The summed E-state index contributed by atoms with van der Waals surface area (Å²) in [4.78, 5) is -0.318. The van der Waals surface area contributed by atoms with Gasteiger partial charge in [0.2, 0.25) is 0 Å². The second-order valence-corrected chi connectivity index (χ2v) is 6.28. The second kappa shape index (κ2) is 5.71. The smallest absolute Gasteiger partial charge is 0.130 e. The normalized spacial score (nSPS) is 12.5. The van der Waals surface area contributed by atoms with Crippen LogP contribution in [0.25, 0.3) is 0 Å². The Balaban J connectivity index is 2.49. The molecular weight excluding hydrogens is 378 g/mol. The molecular formula is C15H12Br2F2. The van der Waals surface area contributed by atoms with Crippen LogP contribution in [-0.4, -0.2) is 0 Å². The summed E-state index contributed by atoms with van der Waals surface area (Å²) in [6, 6.07) is 8.33. The van der Waals surface area contributed by atoms with Crippen molar-refractivity contribution in [3.05, 3.63) is 68.7 Å². The van der Waals surface area contributed by atoms with Crippen molar-refractivity contribution in [2.75, 3.05) is 0 Å². The number of aryl methyl sites for hydroxylation is 2. The third kappa shape index (κ3) is 3.06. The van der Waals surface area contributed by atoms with Crippen molar-refractivity contribution >= 4 is 31.9 Å². The summed E-state index contributed by atoms with van der Waals surface area (Å²) in [6.45, 7) is 3.61. The van der Waals surface area contributed by atoms with Gasteiger partial charge < -0.3 is 0 Å². The third-order valence-electron chi connectivity index (χ3n) is 2.98. The van der Waals surface area contributed by atoms with Crippen LogP contribution in [0.5, 0.6) is 0 Å². The Kier molecular flexibility index (Phi) is 4.41. The first kappa shape index (κ1) is 14.7. The maximum absolute atomic E-state index is 13.9. The summed E-state index contributed by atoms with van der Waals surface area (Å²) in [7, 11) is 0. The molecule has 0 saturated carbocycles.